The van der Waals surface area contributed by atoms with Gasteiger partial charge in [0.15, 0.2) is 5.78 Å². The normalized spacial score (nSPS) is 10.7. The van der Waals surface area contributed by atoms with E-state index in [0.29, 0.717) is 18.7 Å². The molecule has 0 aromatic carbocycles. The standard InChI is InChI=1S/C13H20N2O3/c1-10(2)13(17)11-4-6-15(8-11)9-12(16)14-5-7-18-3/h4,6,8,10H,5,7,9H2,1-3H3,(H,14,16). The second-order valence-corrected chi connectivity index (χ2v) is 4.43. The Kier molecular flexibility index (Phi) is 5.58. The zero-order chi connectivity index (χ0) is 13.5. The van der Waals surface area contributed by atoms with Gasteiger partial charge in [0.05, 0.1) is 6.61 Å². The number of hydrogen-bond acceptors (Lipinski definition) is 3. The van der Waals surface area contributed by atoms with Gasteiger partial charge in [-0.1, -0.05) is 13.8 Å². The van der Waals surface area contributed by atoms with Gasteiger partial charge in [-0.3, -0.25) is 9.59 Å². The molecule has 5 heteroatoms. The first kappa shape index (κ1) is 14.4. The topological polar surface area (TPSA) is 60.3 Å². The lowest BCUT2D eigenvalue weighted by molar-refractivity contribution is -0.121. The fourth-order valence-corrected chi connectivity index (χ4v) is 1.53. The van der Waals surface area contributed by atoms with E-state index in [0.717, 1.165) is 0 Å². The Hall–Kier alpha value is -1.62. The van der Waals surface area contributed by atoms with E-state index in [1.807, 2.05) is 13.8 Å². The zero-order valence-electron chi connectivity index (χ0n) is 11.1. The highest BCUT2D eigenvalue weighted by molar-refractivity contribution is 5.97. The molecule has 0 spiro atoms. The maximum Gasteiger partial charge on any atom is 0.239 e. The van der Waals surface area contributed by atoms with Crippen LogP contribution in [0.2, 0.25) is 0 Å². The van der Waals surface area contributed by atoms with Crippen LogP contribution in [0.15, 0.2) is 18.5 Å². The number of methoxy groups -OCH3 is 1. The van der Waals surface area contributed by atoms with Crippen molar-refractivity contribution in [1.29, 1.82) is 0 Å². The number of Topliss-reactive ketones (excluding diaryl/α,β-unsaturated/α-hetero) is 1. The highest BCUT2D eigenvalue weighted by Crippen LogP contribution is 2.08. The van der Waals surface area contributed by atoms with Crippen LogP contribution < -0.4 is 5.32 Å². The molecule has 100 valence electrons. The minimum Gasteiger partial charge on any atom is -0.383 e. The van der Waals surface area contributed by atoms with Crippen molar-refractivity contribution in [1.82, 2.24) is 9.88 Å². The summed E-state index contributed by atoms with van der Waals surface area (Å²) in [5.41, 5.74) is 0.648. The van der Waals surface area contributed by atoms with Crippen LogP contribution in [0.25, 0.3) is 0 Å². The van der Waals surface area contributed by atoms with Gasteiger partial charge in [-0.15, -0.1) is 0 Å². The third-order valence-electron chi connectivity index (χ3n) is 2.51. The van der Waals surface area contributed by atoms with Gasteiger partial charge in [0, 0.05) is 37.5 Å². The van der Waals surface area contributed by atoms with Crippen LogP contribution >= 0.6 is 0 Å². The lowest BCUT2D eigenvalue weighted by atomic mass is 10.0. The van der Waals surface area contributed by atoms with E-state index in [4.69, 9.17) is 4.74 Å². The maximum absolute atomic E-state index is 11.7. The fraction of sp³-hybridized carbons (Fsp3) is 0.538. The molecule has 0 atom stereocenters. The first-order valence-electron chi connectivity index (χ1n) is 6.00. The highest BCUT2D eigenvalue weighted by atomic mass is 16.5. The first-order chi connectivity index (χ1) is 8.54. The largest absolute Gasteiger partial charge is 0.383 e. The lowest BCUT2D eigenvalue weighted by Gasteiger charge is -2.05. The number of aromatic nitrogens is 1. The van der Waals surface area contributed by atoms with Crippen molar-refractivity contribution >= 4 is 11.7 Å². The molecule has 0 fully saturated rings. The van der Waals surface area contributed by atoms with Crippen LogP contribution in [0.3, 0.4) is 0 Å². The van der Waals surface area contributed by atoms with E-state index in [1.165, 1.54) is 0 Å². The molecule has 1 amide bonds. The summed E-state index contributed by atoms with van der Waals surface area (Å²) in [7, 11) is 1.59. The predicted octanol–water partition coefficient (Wildman–Crippen LogP) is 1.09. The predicted molar refractivity (Wildman–Crippen MR) is 68.5 cm³/mol. The van der Waals surface area contributed by atoms with Gasteiger partial charge in [0.25, 0.3) is 0 Å². The van der Waals surface area contributed by atoms with E-state index in [-0.39, 0.29) is 24.2 Å². The Morgan fingerprint density at radius 2 is 2.17 bits per heavy atom. The number of rotatable bonds is 7. The first-order valence-corrected chi connectivity index (χ1v) is 6.00. The number of nitrogens with one attached hydrogen (secondary N) is 1. The van der Waals surface area contributed by atoms with E-state index in [2.05, 4.69) is 5.32 Å². The minimum atomic E-state index is -0.0915. The van der Waals surface area contributed by atoms with Crippen molar-refractivity contribution in [3.05, 3.63) is 24.0 Å². The summed E-state index contributed by atoms with van der Waals surface area (Å²) in [6, 6.07) is 1.74. The molecule has 0 bridgehead atoms. The molecular weight excluding hydrogens is 232 g/mol. The molecule has 0 saturated carbocycles. The number of amides is 1. The molecule has 0 saturated heterocycles. The van der Waals surface area contributed by atoms with E-state index in [9.17, 15) is 9.59 Å². The fourth-order valence-electron chi connectivity index (χ4n) is 1.53. The summed E-state index contributed by atoms with van der Waals surface area (Å²) in [6.45, 7) is 4.92. The molecule has 18 heavy (non-hydrogen) atoms. The van der Waals surface area contributed by atoms with E-state index >= 15 is 0 Å². The average molecular weight is 252 g/mol. The maximum atomic E-state index is 11.7. The lowest BCUT2D eigenvalue weighted by Crippen LogP contribution is -2.30. The second kappa shape index (κ2) is 6.96. The molecule has 0 aliphatic rings. The highest BCUT2D eigenvalue weighted by Gasteiger charge is 2.12. The Morgan fingerprint density at radius 1 is 1.44 bits per heavy atom. The third kappa shape index (κ3) is 4.33. The summed E-state index contributed by atoms with van der Waals surface area (Å²) in [5.74, 6) is -0.0314. The molecule has 1 heterocycles. The van der Waals surface area contributed by atoms with E-state index < -0.39 is 0 Å². The summed E-state index contributed by atoms with van der Waals surface area (Å²) < 4.78 is 6.54. The molecule has 0 aliphatic carbocycles. The van der Waals surface area contributed by atoms with Crippen LogP contribution in [0.5, 0.6) is 0 Å². The molecule has 0 radical (unpaired) electrons. The molecular formula is C13H20N2O3. The minimum absolute atomic E-state index is 0.0311. The average Bonchev–Trinajstić information content (AvgIpc) is 2.76. The molecule has 0 unspecified atom stereocenters. The van der Waals surface area contributed by atoms with Gasteiger partial charge in [-0.25, -0.2) is 0 Å². The van der Waals surface area contributed by atoms with Gasteiger partial charge < -0.3 is 14.6 Å². The number of hydrogen-bond donors (Lipinski definition) is 1. The van der Waals surface area contributed by atoms with Crippen molar-refractivity contribution in [2.75, 3.05) is 20.3 Å². The summed E-state index contributed by atoms with van der Waals surface area (Å²) in [5, 5.41) is 2.72. The van der Waals surface area contributed by atoms with Crippen molar-refractivity contribution in [3.63, 3.8) is 0 Å². The monoisotopic (exact) mass is 252 g/mol. The molecule has 1 aromatic rings. The van der Waals surface area contributed by atoms with Gasteiger partial charge in [-0.05, 0) is 6.07 Å². The second-order valence-electron chi connectivity index (χ2n) is 4.43. The summed E-state index contributed by atoms with van der Waals surface area (Å²) >= 11 is 0. The van der Waals surface area contributed by atoms with Gasteiger partial charge >= 0.3 is 0 Å². The zero-order valence-corrected chi connectivity index (χ0v) is 11.1. The Morgan fingerprint density at radius 3 is 2.78 bits per heavy atom. The third-order valence-corrected chi connectivity index (χ3v) is 2.51. The SMILES string of the molecule is COCCNC(=O)Cn1ccc(C(=O)C(C)C)c1. The number of ketones is 1. The van der Waals surface area contributed by atoms with E-state index in [1.54, 1.807) is 30.1 Å². The number of carbonyl (C=O) groups excluding carboxylic acids is 2. The number of ether oxygens (including phenoxy) is 1. The van der Waals surface area contributed by atoms with Crippen LogP contribution in [-0.2, 0) is 16.1 Å². The Bertz CT molecular complexity index is 410. The number of carbonyl (C=O) groups is 2. The van der Waals surface area contributed by atoms with Crippen molar-refractivity contribution in [2.45, 2.75) is 20.4 Å². The Labute approximate surface area is 107 Å². The summed E-state index contributed by atoms with van der Waals surface area (Å²) in [6.07, 6.45) is 3.45. The van der Waals surface area contributed by atoms with Crippen molar-refractivity contribution in [2.24, 2.45) is 5.92 Å². The Balaban J connectivity index is 2.48. The molecule has 1 N–H and O–H groups in total. The molecule has 5 nitrogen and oxygen atoms in total. The van der Waals surface area contributed by atoms with Crippen LogP contribution in [0.4, 0.5) is 0 Å². The van der Waals surface area contributed by atoms with Crippen molar-refractivity contribution < 1.29 is 14.3 Å². The quantitative estimate of drug-likeness (QED) is 0.583. The van der Waals surface area contributed by atoms with Crippen molar-refractivity contribution in [3.8, 4) is 0 Å². The molecule has 0 aliphatic heterocycles. The van der Waals surface area contributed by atoms with Gasteiger partial charge in [-0.2, -0.15) is 0 Å². The smallest absolute Gasteiger partial charge is 0.239 e. The number of nitrogens with zero attached hydrogens (tertiary/aromatic N) is 1. The van der Waals surface area contributed by atoms with Gasteiger partial charge in [0.2, 0.25) is 5.91 Å². The molecule has 1 aromatic heterocycles. The van der Waals surface area contributed by atoms with Gasteiger partial charge in [0.1, 0.15) is 6.54 Å². The van der Waals surface area contributed by atoms with Crippen LogP contribution in [-0.4, -0.2) is 36.5 Å². The molecule has 1 rings (SSSR count). The summed E-state index contributed by atoms with van der Waals surface area (Å²) in [4.78, 5) is 23.3. The van der Waals surface area contributed by atoms with Crippen LogP contribution in [0.1, 0.15) is 24.2 Å². The van der Waals surface area contributed by atoms with Crippen LogP contribution in [0, 0.1) is 5.92 Å².